The number of hydrogen-bond acceptors (Lipinski definition) is 3. The summed E-state index contributed by atoms with van der Waals surface area (Å²) in [5, 5.41) is 11.6. The molecule has 0 radical (unpaired) electrons. The Morgan fingerprint density at radius 3 is 2.56 bits per heavy atom. The lowest BCUT2D eigenvalue weighted by atomic mass is 9.88. The number of fused-ring (bicyclic) bond motifs is 1. The van der Waals surface area contributed by atoms with Gasteiger partial charge >= 0.3 is 0 Å². The van der Waals surface area contributed by atoms with Crippen LogP contribution in [-0.2, 0) is 0 Å². The second-order valence-corrected chi connectivity index (χ2v) is 5.19. The molecule has 0 saturated carbocycles. The molecule has 2 unspecified atom stereocenters. The SMILES string of the molecule is CCC(C)(C(O)c1cc2ccccc2o1)N(C)C. The molecular weight excluding hydrogens is 226 g/mol. The zero-order valence-corrected chi connectivity index (χ0v) is 11.5. The van der Waals surface area contributed by atoms with Crippen molar-refractivity contribution < 1.29 is 9.52 Å². The van der Waals surface area contributed by atoms with Crippen LogP contribution >= 0.6 is 0 Å². The summed E-state index contributed by atoms with van der Waals surface area (Å²) >= 11 is 0. The Hall–Kier alpha value is -1.32. The van der Waals surface area contributed by atoms with E-state index in [-0.39, 0.29) is 5.54 Å². The van der Waals surface area contributed by atoms with Gasteiger partial charge in [-0.15, -0.1) is 0 Å². The van der Waals surface area contributed by atoms with Crippen LogP contribution in [0.3, 0.4) is 0 Å². The summed E-state index contributed by atoms with van der Waals surface area (Å²) in [5.74, 6) is 0.634. The molecule has 1 N–H and O–H groups in total. The first-order valence-corrected chi connectivity index (χ1v) is 6.33. The third-order valence-electron chi connectivity index (χ3n) is 4.04. The lowest BCUT2D eigenvalue weighted by Crippen LogP contribution is -2.46. The van der Waals surface area contributed by atoms with E-state index in [2.05, 4.69) is 6.92 Å². The molecule has 2 rings (SSSR count). The van der Waals surface area contributed by atoms with Crippen molar-refractivity contribution in [3.8, 4) is 0 Å². The summed E-state index contributed by atoms with van der Waals surface area (Å²) in [5.41, 5.74) is 0.497. The molecule has 18 heavy (non-hydrogen) atoms. The highest BCUT2D eigenvalue weighted by atomic mass is 16.4. The molecule has 1 heterocycles. The molecule has 1 aromatic heterocycles. The fraction of sp³-hybridized carbons (Fsp3) is 0.467. The van der Waals surface area contributed by atoms with Crippen LogP contribution < -0.4 is 0 Å². The number of rotatable bonds is 4. The third kappa shape index (κ3) is 2.04. The first kappa shape index (κ1) is 13.1. The summed E-state index contributed by atoms with van der Waals surface area (Å²) in [6.07, 6.45) is 0.211. The molecule has 0 aliphatic carbocycles. The average molecular weight is 247 g/mol. The van der Waals surface area contributed by atoms with E-state index in [0.717, 1.165) is 17.4 Å². The predicted molar refractivity (Wildman–Crippen MR) is 73.6 cm³/mol. The molecule has 2 aromatic rings. The summed E-state index contributed by atoms with van der Waals surface area (Å²) in [7, 11) is 3.96. The molecule has 0 fully saturated rings. The van der Waals surface area contributed by atoms with Crippen molar-refractivity contribution in [2.24, 2.45) is 0 Å². The monoisotopic (exact) mass is 247 g/mol. The number of aliphatic hydroxyl groups is 1. The van der Waals surface area contributed by atoms with Crippen molar-refractivity contribution in [2.75, 3.05) is 14.1 Å². The number of aliphatic hydroxyl groups excluding tert-OH is 1. The van der Waals surface area contributed by atoms with Gasteiger partial charge in [-0.05, 0) is 39.6 Å². The van der Waals surface area contributed by atoms with Crippen LogP contribution in [0.5, 0.6) is 0 Å². The number of hydrogen-bond donors (Lipinski definition) is 1. The van der Waals surface area contributed by atoms with Crippen LogP contribution in [0.2, 0.25) is 0 Å². The Kier molecular flexibility index (Phi) is 3.46. The predicted octanol–water partition coefficient (Wildman–Crippen LogP) is 3.20. The quantitative estimate of drug-likeness (QED) is 0.901. The molecule has 98 valence electrons. The number of likely N-dealkylation sites (N-methyl/N-ethyl adjacent to an activating group) is 1. The maximum Gasteiger partial charge on any atom is 0.135 e. The van der Waals surface area contributed by atoms with Gasteiger partial charge in [0.1, 0.15) is 17.4 Å². The fourth-order valence-corrected chi connectivity index (χ4v) is 2.20. The van der Waals surface area contributed by atoms with Crippen molar-refractivity contribution in [3.63, 3.8) is 0 Å². The normalized spacial score (nSPS) is 17.0. The van der Waals surface area contributed by atoms with Crippen molar-refractivity contribution in [3.05, 3.63) is 36.1 Å². The van der Waals surface area contributed by atoms with Crippen molar-refractivity contribution >= 4 is 11.0 Å². The van der Waals surface area contributed by atoms with Gasteiger partial charge in [0.25, 0.3) is 0 Å². The van der Waals surface area contributed by atoms with Crippen molar-refractivity contribution in [2.45, 2.75) is 31.9 Å². The maximum atomic E-state index is 10.6. The van der Waals surface area contributed by atoms with Crippen LogP contribution in [0.4, 0.5) is 0 Å². The first-order valence-electron chi connectivity index (χ1n) is 6.33. The Morgan fingerprint density at radius 1 is 1.33 bits per heavy atom. The van der Waals surface area contributed by atoms with Crippen LogP contribution in [0.25, 0.3) is 11.0 Å². The summed E-state index contributed by atoms with van der Waals surface area (Å²) in [6, 6.07) is 9.75. The van der Waals surface area contributed by atoms with Gasteiger partial charge in [-0.25, -0.2) is 0 Å². The number of benzene rings is 1. The lowest BCUT2D eigenvalue weighted by molar-refractivity contribution is -0.0110. The van der Waals surface area contributed by atoms with Gasteiger partial charge in [-0.1, -0.05) is 25.1 Å². The van der Waals surface area contributed by atoms with Gasteiger partial charge in [-0.2, -0.15) is 0 Å². The second-order valence-electron chi connectivity index (χ2n) is 5.19. The fourth-order valence-electron chi connectivity index (χ4n) is 2.20. The number of furan rings is 1. The van der Waals surface area contributed by atoms with Gasteiger partial charge in [0.2, 0.25) is 0 Å². The molecule has 0 spiro atoms. The Bertz CT molecular complexity index is 499. The minimum absolute atomic E-state index is 0.326. The molecular formula is C15H21NO2. The van der Waals surface area contributed by atoms with E-state index in [4.69, 9.17) is 4.42 Å². The topological polar surface area (TPSA) is 36.6 Å². The standard InChI is InChI=1S/C15H21NO2/c1-5-15(2,16(3)4)14(17)13-10-11-8-6-7-9-12(11)18-13/h6-10,14,17H,5H2,1-4H3. The highest BCUT2D eigenvalue weighted by Gasteiger charge is 2.36. The highest BCUT2D eigenvalue weighted by molar-refractivity contribution is 5.77. The molecule has 0 aliphatic rings. The minimum atomic E-state index is -0.634. The Morgan fingerprint density at radius 2 is 2.00 bits per heavy atom. The molecule has 3 heteroatoms. The largest absolute Gasteiger partial charge is 0.458 e. The van der Waals surface area contributed by atoms with Crippen LogP contribution in [0.15, 0.2) is 34.7 Å². The highest BCUT2D eigenvalue weighted by Crippen LogP contribution is 2.35. The van der Waals surface area contributed by atoms with E-state index < -0.39 is 6.10 Å². The summed E-state index contributed by atoms with van der Waals surface area (Å²) in [4.78, 5) is 2.05. The Labute approximate surface area is 108 Å². The van der Waals surface area contributed by atoms with Crippen LogP contribution in [0, 0.1) is 0 Å². The molecule has 3 nitrogen and oxygen atoms in total. The number of para-hydroxylation sites is 1. The van der Waals surface area contributed by atoms with E-state index >= 15 is 0 Å². The van der Waals surface area contributed by atoms with Crippen LogP contribution in [-0.4, -0.2) is 29.6 Å². The molecule has 0 amide bonds. The van der Waals surface area contributed by atoms with E-state index in [1.54, 1.807) is 0 Å². The minimum Gasteiger partial charge on any atom is -0.458 e. The maximum absolute atomic E-state index is 10.6. The van der Waals surface area contributed by atoms with Crippen molar-refractivity contribution in [1.29, 1.82) is 0 Å². The molecule has 0 aliphatic heterocycles. The van der Waals surface area contributed by atoms with Gasteiger partial charge in [0, 0.05) is 5.39 Å². The molecule has 0 saturated heterocycles. The third-order valence-corrected chi connectivity index (χ3v) is 4.04. The van der Waals surface area contributed by atoms with Crippen molar-refractivity contribution in [1.82, 2.24) is 4.90 Å². The van der Waals surface area contributed by atoms with Gasteiger partial charge in [0.05, 0.1) is 5.54 Å². The molecule has 0 bridgehead atoms. The lowest BCUT2D eigenvalue weighted by Gasteiger charge is -2.38. The van der Waals surface area contributed by atoms with Gasteiger partial charge in [-0.3, -0.25) is 0 Å². The van der Waals surface area contributed by atoms with Gasteiger partial charge < -0.3 is 14.4 Å². The summed E-state index contributed by atoms with van der Waals surface area (Å²) in [6.45, 7) is 4.12. The zero-order valence-electron chi connectivity index (χ0n) is 11.5. The zero-order chi connectivity index (χ0) is 13.3. The van der Waals surface area contributed by atoms with E-state index in [0.29, 0.717) is 5.76 Å². The van der Waals surface area contributed by atoms with E-state index in [9.17, 15) is 5.11 Å². The first-order chi connectivity index (χ1) is 8.49. The van der Waals surface area contributed by atoms with Crippen LogP contribution in [0.1, 0.15) is 32.1 Å². The number of nitrogens with zero attached hydrogens (tertiary/aromatic N) is 1. The smallest absolute Gasteiger partial charge is 0.135 e. The average Bonchev–Trinajstić information content (AvgIpc) is 2.80. The van der Waals surface area contributed by atoms with E-state index in [1.165, 1.54) is 0 Å². The second kappa shape index (κ2) is 4.75. The molecule has 2 atom stereocenters. The molecule has 1 aromatic carbocycles. The van der Waals surface area contributed by atoms with Gasteiger partial charge in [0.15, 0.2) is 0 Å². The summed E-state index contributed by atoms with van der Waals surface area (Å²) < 4.78 is 5.75. The Balaban J connectivity index is 2.41. The van der Waals surface area contributed by atoms with E-state index in [1.807, 2.05) is 56.3 Å².